The van der Waals surface area contributed by atoms with Crippen LogP contribution in [-0.2, 0) is 0 Å². The van der Waals surface area contributed by atoms with Gasteiger partial charge in [0.15, 0.2) is 0 Å². The predicted octanol–water partition coefficient (Wildman–Crippen LogP) is 1.07. The molecule has 2 heterocycles. The minimum absolute atomic E-state index is 0.701. The van der Waals surface area contributed by atoms with Gasteiger partial charge in [-0.25, -0.2) is 5.01 Å². The van der Waals surface area contributed by atoms with E-state index in [1.54, 1.807) is 0 Å². The smallest absolute Gasteiger partial charge is 0.0342 e. The summed E-state index contributed by atoms with van der Waals surface area (Å²) in [6.07, 6.45) is 6.86. The molecule has 0 aromatic rings. The Morgan fingerprint density at radius 1 is 1.00 bits per heavy atom. The van der Waals surface area contributed by atoms with E-state index in [9.17, 15) is 0 Å². The number of rotatable bonds is 2. The maximum atomic E-state index is 3.68. The summed E-state index contributed by atoms with van der Waals surface area (Å²) < 4.78 is 0. The molecular weight excluding hydrogens is 174 g/mol. The van der Waals surface area contributed by atoms with Crippen molar-refractivity contribution in [2.75, 3.05) is 33.2 Å². The van der Waals surface area contributed by atoms with Gasteiger partial charge in [-0.3, -0.25) is 5.43 Å². The minimum atomic E-state index is 0.701. The molecule has 2 aliphatic rings. The lowest BCUT2D eigenvalue weighted by Gasteiger charge is -2.36. The standard InChI is InChI=1S/C11H23N3/c1-13-7-5-6-11(10-13)12-14-8-3-2-4-9-14/h11-12H,2-10H2,1H3. The molecule has 0 radical (unpaired) electrons. The van der Waals surface area contributed by atoms with Gasteiger partial charge >= 0.3 is 0 Å². The van der Waals surface area contributed by atoms with E-state index < -0.39 is 0 Å². The van der Waals surface area contributed by atoms with Crippen LogP contribution in [0.15, 0.2) is 0 Å². The molecule has 3 nitrogen and oxygen atoms in total. The van der Waals surface area contributed by atoms with Gasteiger partial charge in [0.1, 0.15) is 0 Å². The summed E-state index contributed by atoms with van der Waals surface area (Å²) in [6.45, 7) is 5.00. The Hall–Kier alpha value is -0.120. The van der Waals surface area contributed by atoms with Crippen molar-refractivity contribution < 1.29 is 0 Å². The first-order chi connectivity index (χ1) is 6.84. The molecule has 1 atom stereocenters. The molecule has 0 aromatic carbocycles. The van der Waals surface area contributed by atoms with E-state index in [2.05, 4.69) is 22.4 Å². The quantitative estimate of drug-likeness (QED) is 0.714. The average Bonchev–Trinajstić information content (AvgIpc) is 2.19. The molecule has 82 valence electrons. The summed E-state index contributed by atoms with van der Waals surface area (Å²) in [5.41, 5.74) is 3.68. The first-order valence-electron chi connectivity index (χ1n) is 6.04. The van der Waals surface area contributed by atoms with Crippen LogP contribution >= 0.6 is 0 Å². The highest BCUT2D eigenvalue weighted by molar-refractivity contribution is 4.76. The summed E-state index contributed by atoms with van der Waals surface area (Å²) in [4.78, 5) is 2.44. The van der Waals surface area contributed by atoms with Crippen LogP contribution in [0.25, 0.3) is 0 Å². The fraction of sp³-hybridized carbons (Fsp3) is 1.00. The van der Waals surface area contributed by atoms with Crippen LogP contribution in [0.2, 0.25) is 0 Å². The lowest BCUT2D eigenvalue weighted by molar-refractivity contribution is 0.0952. The number of piperidine rings is 2. The van der Waals surface area contributed by atoms with E-state index >= 15 is 0 Å². The van der Waals surface area contributed by atoms with Gasteiger partial charge in [0.2, 0.25) is 0 Å². The normalized spacial score (nSPS) is 31.9. The molecule has 2 fully saturated rings. The van der Waals surface area contributed by atoms with Crippen molar-refractivity contribution in [3.05, 3.63) is 0 Å². The van der Waals surface area contributed by atoms with Crippen molar-refractivity contribution in [3.8, 4) is 0 Å². The van der Waals surface area contributed by atoms with Crippen LogP contribution in [0.3, 0.4) is 0 Å². The Kier molecular flexibility index (Phi) is 3.79. The number of nitrogens with zero attached hydrogens (tertiary/aromatic N) is 2. The fourth-order valence-electron chi connectivity index (χ4n) is 2.55. The van der Waals surface area contributed by atoms with Gasteiger partial charge in [-0.1, -0.05) is 6.42 Å². The van der Waals surface area contributed by atoms with Crippen molar-refractivity contribution in [2.24, 2.45) is 0 Å². The first-order valence-corrected chi connectivity index (χ1v) is 6.04. The Morgan fingerprint density at radius 3 is 2.50 bits per heavy atom. The van der Waals surface area contributed by atoms with Crippen LogP contribution < -0.4 is 5.43 Å². The molecule has 1 N–H and O–H groups in total. The molecule has 0 amide bonds. The van der Waals surface area contributed by atoms with E-state index in [0.717, 1.165) is 0 Å². The number of hydrogen-bond acceptors (Lipinski definition) is 3. The van der Waals surface area contributed by atoms with Crippen LogP contribution in [0, 0.1) is 0 Å². The van der Waals surface area contributed by atoms with Crippen LogP contribution in [0.5, 0.6) is 0 Å². The van der Waals surface area contributed by atoms with E-state index in [0.29, 0.717) is 6.04 Å². The first kappa shape index (κ1) is 10.4. The minimum Gasteiger partial charge on any atom is -0.305 e. The number of likely N-dealkylation sites (tertiary alicyclic amines) is 1. The van der Waals surface area contributed by atoms with Crippen LogP contribution in [0.1, 0.15) is 32.1 Å². The molecule has 2 rings (SSSR count). The third-order valence-electron chi connectivity index (χ3n) is 3.35. The van der Waals surface area contributed by atoms with Gasteiger partial charge in [0.25, 0.3) is 0 Å². The summed E-state index contributed by atoms with van der Waals surface area (Å²) in [5.74, 6) is 0. The Morgan fingerprint density at radius 2 is 1.79 bits per heavy atom. The lowest BCUT2D eigenvalue weighted by atomic mass is 10.1. The van der Waals surface area contributed by atoms with E-state index in [1.165, 1.54) is 58.3 Å². The molecule has 2 aliphatic heterocycles. The van der Waals surface area contributed by atoms with Gasteiger partial charge in [0, 0.05) is 25.7 Å². The van der Waals surface area contributed by atoms with Crippen LogP contribution in [0.4, 0.5) is 0 Å². The molecule has 3 heteroatoms. The van der Waals surface area contributed by atoms with Gasteiger partial charge < -0.3 is 4.90 Å². The number of nitrogens with one attached hydrogen (secondary N) is 1. The third kappa shape index (κ3) is 2.94. The molecule has 0 aromatic heterocycles. The second-order valence-corrected chi connectivity index (χ2v) is 4.78. The SMILES string of the molecule is CN1CCCC(NN2CCCCC2)C1. The van der Waals surface area contributed by atoms with Gasteiger partial charge in [-0.05, 0) is 39.3 Å². The van der Waals surface area contributed by atoms with Gasteiger partial charge in [-0.15, -0.1) is 0 Å². The molecule has 14 heavy (non-hydrogen) atoms. The number of hydrogen-bond donors (Lipinski definition) is 1. The highest BCUT2D eigenvalue weighted by Crippen LogP contribution is 2.11. The zero-order chi connectivity index (χ0) is 9.80. The average molecular weight is 197 g/mol. The molecular formula is C11H23N3. The van der Waals surface area contributed by atoms with Gasteiger partial charge in [-0.2, -0.15) is 0 Å². The van der Waals surface area contributed by atoms with Crippen molar-refractivity contribution in [2.45, 2.75) is 38.1 Å². The van der Waals surface area contributed by atoms with Crippen molar-refractivity contribution in [1.29, 1.82) is 0 Å². The number of hydrazine groups is 1. The van der Waals surface area contributed by atoms with E-state index in [4.69, 9.17) is 0 Å². The maximum Gasteiger partial charge on any atom is 0.0342 e. The Balaban J connectivity index is 1.72. The molecule has 0 bridgehead atoms. The van der Waals surface area contributed by atoms with E-state index in [1.807, 2.05) is 0 Å². The Labute approximate surface area is 87.4 Å². The van der Waals surface area contributed by atoms with Crippen molar-refractivity contribution >= 4 is 0 Å². The monoisotopic (exact) mass is 197 g/mol. The van der Waals surface area contributed by atoms with Crippen LogP contribution in [-0.4, -0.2) is 49.2 Å². The summed E-state index contributed by atoms with van der Waals surface area (Å²) in [7, 11) is 2.23. The zero-order valence-corrected chi connectivity index (χ0v) is 9.34. The number of likely N-dealkylation sites (N-methyl/N-ethyl adjacent to an activating group) is 1. The Bertz CT molecular complexity index is 166. The second-order valence-electron chi connectivity index (χ2n) is 4.78. The summed E-state index contributed by atoms with van der Waals surface area (Å²) >= 11 is 0. The third-order valence-corrected chi connectivity index (χ3v) is 3.35. The lowest BCUT2D eigenvalue weighted by Crippen LogP contribution is -2.52. The van der Waals surface area contributed by atoms with Gasteiger partial charge in [0.05, 0.1) is 0 Å². The second kappa shape index (κ2) is 5.10. The van der Waals surface area contributed by atoms with E-state index in [-0.39, 0.29) is 0 Å². The molecule has 2 saturated heterocycles. The fourth-order valence-corrected chi connectivity index (χ4v) is 2.55. The molecule has 0 aliphatic carbocycles. The predicted molar refractivity (Wildman–Crippen MR) is 59.1 cm³/mol. The highest BCUT2D eigenvalue weighted by Gasteiger charge is 2.19. The summed E-state index contributed by atoms with van der Waals surface area (Å²) in [5, 5.41) is 2.44. The molecule has 1 unspecified atom stereocenters. The molecule has 0 saturated carbocycles. The van der Waals surface area contributed by atoms with Crippen molar-refractivity contribution in [3.63, 3.8) is 0 Å². The van der Waals surface area contributed by atoms with Crippen molar-refractivity contribution in [1.82, 2.24) is 15.3 Å². The largest absolute Gasteiger partial charge is 0.305 e. The zero-order valence-electron chi connectivity index (χ0n) is 9.34. The maximum absolute atomic E-state index is 3.68. The highest BCUT2D eigenvalue weighted by atomic mass is 15.5. The molecule has 0 spiro atoms. The summed E-state index contributed by atoms with van der Waals surface area (Å²) in [6, 6.07) is 0.701. The topological polar surface area (TPSA) is 18.5 Å².